The summed E-state index contributed by atoms with van der Waals surface area (Å²) < 4.78 is 17.2. The monoisotopic (exact) mass is 382 g/mol. The molecule has 0 saturated heterocycles. The number of methoxy groups -OCH3 is 1. The van der Waals surface area contributed by atoms with E-state index in [0.29, 0.717) is 23.0 Å². The minimum Gasteiger partial charge on any atom is -0.496 e. The lowest BCUT2D eigenvalue weighted by Crippen LogP contribution is -2.34. The third kappa shape index (κ3) is 5.06. The van der Waals surface area contributed by atoms with Gasteiger partial charge in [-0.1, -0.05) is 51.1 Å². The number of ether oxygens (including phenoxy) is 3. The maximum atomic E-state index is 12.7. The minimum atomic E-state index is -0.385. The third-order valence-electron chi connectivity index (χ3n) is 5.30. The van der Waals surface area contributed by atoms with E-state index in [1.165, 1.54) is 6.42 Å². The molecule has 1 saturated carbocycles. The van der Waals surface area contributed by atoms with Gasteiger partial charge in [-0.25, -0.2) is 4.79 Å². The Morgan fingerprint density at radius 3 is 2.43 bits per heavy atom. The van der Waals surface area contributed by atoms with E-state index in [1.807, 2.05) is 42.5 Å². The summed E-state index contributed by atoms with van der Waals surface area (Å²) in [4.78, 5) is 12.7. The molecule has 1 fully saturated rings. The fourth-order valence-corrected chi connectivity index (χ4v) is 4.31. The van der Waals surface area contributed by atoms with E-state index in [1.54, 1.807) is 13.2 Å². The van der Waals surface area contributed by atoms with Gasteiger partial charge in [-0.15, -0.1) is 0 Å². The maximum Gasteiger partial charge on any atom is 0.342 e. The van der Waals surface area contributed by atoms with E-state index in [9.17, 15) is 4.79 Å². The van der Waals surface area contributed by atoms with Crippen molar-refractivity contribution in [1.82, 2.24) is 0 Å². The van der Waals surface area contributed by atoms with Gasteiger partial charge >= 0.3 is 5.97 Å². The molecule has 2 aromatic carbocycles. The van der Waals surface area contributed by atoms with Gasteiger partial charge in [-0.05, 0) is 48.8 Å². The summed E-state index contributed by atoms with van der Waals surface area (Å²) in [6.45, 7) is 6.99. The van der Waals surface area contributed by atoms with Crippen LogP contribution >= 0.6 is 0 Å². The van der Waals surface area contributed by atoms with Gasteiger partial charge in [0.2, 0.25) is 0 Å². The number of para-hydroxylation sites is 2. The second-order valence-electron chi connectivity index (χ2n) is 8.54. The Morgan fingerprint density at radius 2 is 1.71 bits per heavy atom. The van der Waals surface area contributed by atoms with Crippen LogP contribution in [0.25, 0.3) is 0 Å². The molecule has 3 rings (SSSR count). The quantitative estimate of drug-likeness (QED) is 0.606. The molecule has 2 atom stereocenters. The van der Waals surface area contributed by atoms with Crippen molar-refractivity contribution in [3.05, 3.63) is 59.7 Å². The second kappa shape index (κ2) is 8.68. The molecule has 0 N–H and O–H groups in total. The summed E-state index contributed by atoms with van der Waals surface area (Å²) in [6.07, 6.45) is 3.31. The number of esters is 1. The molecule has 150 valence electrons. The predicted octanol–water partition coefficient (Wildman–Crippen LogP) is 5.65. The van der Waals surface area contributed by atoms with Crippen molar-refractivity contribution in [3.63, 3.8) is 0 Å². The molecule has 4 heteroatoms. The van der Waals surface area contributed by atoms with E-state index < -0.39 is 0 Å². The SMILES string of the molecule is COc1ccccc1COC(=O)c1ccccc1OC1CC(C)CC(C)(C)C1. The van der Waals surface area contributed by atoms with E-state index >= 15 is 0 Å². The molecule has 0 spiro atoms. The summed E-state index contributed by atoms with van der Waals surface area (Å²) in [6, 6.07) is 14.9. The zero-order valence-electron chi connectivity index (χ0n) is 17.2. The van der Waals surface area contributed by atoms with Crippen LogP contribution in [0.1, 0.15) is 56.0 Å². The summed E-state index contributed by atoms with van der Waals surface area (Å²) in [5.41, 5.74) is 1.55. The van der Waals surface area contributed by atoms with Gasteiger partial charge < -0.3 is 14.2 Å². The first-order valence-electron chi connectivity index (χ1n) is 9.92. The number of hydrogen-bond donors (Lipinski definition) is 0. The molecule has 0 heterocycles. The van der Waals surface area contributed by atoms with Crippen molar-refractivity contribution in [2.24, 2.45) is 11.3 Å². The fraction of sp³-hybridized carbons (Fsp3) is 0.458. The van der Waals surface area contributed by atoms with Crippen molar-refractivity contribution >= 4 is 5.97 Å². The van der Waals surface area contributed by atoms with Crippen LogP contribution in [-0.2, 0) is 11.3 Å². The van der Waals surface area contributed by atoms with Crippen LogP contribution in [0.3, 0.4) is 0 Å². The van der Waals surface area contributed by atoms with Crippen LogP contribution in [0.2, 0.25) is 0 Å². The first kappa shape index (κ1) is 20.2. The highest BCUT2D eigenvalue weighted by Crippen LogP contribution is 2.40. The lowest BCUT2D eigenvalue weighted by Gasteiger charge is -2.39. The largest absolute Gasteiger partial charge is 0.496 e. The highest BCUT2D eigenvalue weighted by Gasteiger charge is 2.33. The third-order valence-corrected chi connectivity index (χ3v) is 5.30. The van der Waals surface area contributed by atoms with E-state index in [2.05, 4.69) is 20.8 Å². The first-order valence-corrected chi connectivity index (χ1v) is 9.92. The Balaban J connectivity index is 1.70. The summed E-state index contributed by atoms with van der Waals surface area (Å²) >= 11 is 0. The summed E-state index contributed by atoms with van der Waals surface area (Å²) in [7, 11) is 1.61. The fourth-order valence-electron chi connectivity index (χ4n) is 4.31. The molecule has 4 nitrogen and oxygen atoms in total. The van der Waals surface area contributed by atoms with Crippen LogP contribution in [0, 0.1) is 11.3 Å². The number of carbonyl (C=O) groups excluding carboxylic acids is 1. The molecule has 2 aromatic rings. The van der Waals surface area contributed by atoms with Gasteiger partial charge in [0.05, 0.1) is 13.2 Å². The van der Waals surface area contributed by atoms with Crippen LogP contribution in [0.15, 0.2) is 48.5 Å². The zero-order valence-corrected chi connectivity index (χ0v) is 17.2. The lowest BCUT2D eigenvalue weighted by molar-refractivity contribution is 0.0428. The van der Waals surface area contributed by atoms with Gasteiger partial charge in [-0.3, -0.25) is 0 Å². The summed E-state index contributed by atoms with van der Waals surface area (Å²) in [5, 5.41) is 0. The van der Waals surface area contributed by atoms with Crippen LogP contribution in [0.5, 0.6) is 11.5 Å². The molecule has 1 aliphatic carbocycles. The number of hydrogen-bond acceptors (Lipinski definition) is 4. The first-order chi connectivity index (χ1) is 13.4. The van der Waals surface area contributed by atoms with Gasteiger partial charge in [0.1, 0.15) is 23.7 Å². The molecule has 0 radical (unpaired) electrons. The highest BCUT2D eigenvalue weighted by molar-refractivity contribution is 5.92. The van der Waals surface area contributed by atoms with Crippen molar-refractivity contribution in [3.8, 4) is 11.5 Å². The Labute approximate surface area is 167 Å². The molecule has 0 aliphatic heterocycles. The molecule has 0 amide bonds. The standard InChI is InChI=1S/C24H30O4/c1-17-13-19(15-24(2,3)14-17)28-22-12-8-6-10-20(22)23(25)27-16-18-9-5-7-11-21(18)26-4/h5-12,17,19H,13-16H2,1-4H3. The lowest BCUT2D eigenvalue weighted by atomic mass is 9.71. The number of benzene rings is 2. The second-order valence-corrected chi connectivity index (χ2v) is 8.54. The molecule has 0 aromatic heterocycles. The van der Waals surface area contributed by atoms with Gasteiger partial charge in [0.15, 0.2) is 0 Å². The predicted molar refractivity (Wildman–Crippen MR) is 110 cm³/mol. The van der Waals surface area contributed by atoms with Crippen LogP contribution in [0.4, 0.5) is 0 Å². The highest BCUT2D eigenvalue weighted by atomic mass is 16.5. The zero-order chi connectivity index (χ0) is 20.1. The Bertz CT molecular complexity index is 812. The molecule has 0 bridgehead atoms. The Morgan fingerprint density at radius 1 is 1.04 bits per heavy atom. The molecule has 28 heavy (non-hydrogen) atoms. The molecular weight excluding hydrogens is 352 g/mol. The molecule has 2 unspecified atom stereocenters. The van der Waals surface area contributed by atoms with Crippen molar-refractivity contribution in [1.29, 1.82) is 0 Å². The van der Waals surface area contributed by atoms with E-state index in [0.717, 1.165) is 18.4 Å². The minimum absolute atomic E-state index is 0.113. The number of carbonyl (C=O) groups is 1. The maximum absolute atomic E-state index is 12.7. The average Bonchev–Trinajstić information content (AvgIpc) is 2.65. The summed E-state index contributed by atoms with van der Waals surface area (Å²) in [5.74, 6) is 1.53. The van der Waals surface area contributed by atoms with Crippen molar-refractivity contribution in [2.75, 3.05) is 7.11 Å². The average molecular weight is 383 g/mol. The molecule has 1 aliphatic rings. The van der Waals surface area contributed by atoms with Crippen molar-refractivity contribution in [2.45, 2.75) is 52.7 Å². The Kier molecular flexibility index (Phi) is 6.28. The smallest absolute Gasteiger partial charge is 0.342 e. The normalized spacial score (nSPS) is 21.0. The van der Waals surface area contributed by atoms with Crippen LogP contribution < -0.4 is 9.47 Å². The van der Waals surface area contributed by atoms with Crippen molar-refractivity contribution < 1.29 is 19.0 Å². The van der Waals surface area contributed by atoms with Gasteiger partial charge in [-0.2, -0.15) is 0 Å². The molecular formula is C24H30O4. The van der Waals surface area contributed by atoms with E-state index in [-0.39, 0.29) is 24.1 Å². The van der Waals surface area contributed by atoms with Crippen LogP contribution in [-0.4, -0.2) is 19.2 Å². The topological polar surface area (TPSA) is 44.8 Å². The van der Waals surface area contributed by atoms with Gasteiger partial charge in [0.25, 0.3) is 0 Å². The van der Waals surface area contributed by atoms with Gasteiger partial charge in [0, 0.05) is 5.56 Å². The van der Waals surface area contributed by atoms with E-state index in [4.69, 9.17) is 14.2 Å². The Hall–Kier alpha value is -2.49. The number of rotatable bonds is 6.